The summed E-state index contributed by atoms with van der Waals surface area (Å²) in [6.07, 6.45) is 13.5. The van der Waals surface area contributed by atoms with Crippen LogP contribution >= 0.6 is 0 Å². The number of nitrogens with two attached hydrogens (primary N) is 1. The van der Waals surface area contributed by atoms with E-state index in [9.17, 15) is 0 Å². The van der Waals surface area contributed by atoms with Crippen LogP contribution in [0.25, 0.3) is 0 Å². The molecule has 0 aliphatic rings. The summed E-state index contributed by atoms with van der Waals surface area (Å²) < 4.78 is 43.6. The summed E-state index contributed by atoms with van der Waals surface area (Å²) in [5, 5.41) is 0. The molecule has 224 valence electrons. The molecule has 0 saturated carbocycles. The molecule has 0 aromatic carbocycles. The van der Waals surface area contributed by atoms with Gasteiger partial charge in [0, 0.05) is 13.2 Å². The van der Waals surface area contributed by atoms with Crippen molar-refractivity contribution in [3.05, 3.63) is 0 Å². The number of hydrogen-bond donors (Lipinski definition) is 1. The molecule has 0 radical (unpaired) electrons. The molecule has 0 aliphatic carbocycles. The van der Waals surface area contributed by atoms with Gasteiger partial charge in [-0.3, -0.25) is 0 Å². The Labute approximate surface area is 227 Å². The molecule has 0 bridgehead atoms. The smallest absolute Gasteiger partial charge is 0.0701 e. The minimum atomic E-state index is 0.535. The summed E-state index contributed by atoms with van der Waals surface area (Å²) >= 11 is 0. The highest BCUT2D eigenvalue weighted by Gasteiger charge is 1.96. The van der Waals surface area contributed by atoms with E-state index < -0.39 is 0 Å². The minimum Gasteiger partial charge on any atom is -0.379 e. The van der Waals surface area contributed by atoms with E-state index in [0.717, 1.165) is 13.0 Å². The van der Waals surface area contributed by atoms with Crippen LogP contribution in [-0.2, 0) is 37.9 Å². The molecule has 0 heterocycles. The molecule has 2 N–H and O–H groups in total. The highest BCUT2D eigenvalue weighted by molar-refractivity contribution is 4.47. The molecule has 0 atom stereocenters. The van der Waals surface area contributed by atoms with E-state index in [1.807, 2.05) is 0 Å². The first-order valence-electron chi connectivity index (χ1n) is 14.7. The first kappa shape index (κ1) is 36.6. The normalized spacial score (nSPS) is 11.5. The van der Waals surface area contributed by atoms with E-state index in [4.69, 9.17) is 43.6 Å². The Balaban J connectivity index is 3.00. The van der Waals surface area contributed by atoms with Gasteiger partial charge in [0.1, 0.15) is 0 Å². The van der Waals surface area contributed by atoms with Crippen molar-refractivity contribution in [2.45, 2.75) is 71.1 Å². The van der Waals surface area contributed by atoms with Gasteiger partial charge >= 0.3 is 0 Å². The number of unbranched alkanes of at least 4 members (excludes halogenated alkanes) is 9. The van der Waals surface area contributed by atoms with Gasteiger partial charge in [0.05, 0.1) is 99.1 Å². The van der Waals surface area contributed by atoms with Crippen LogP contribution in [0, 0.1) is 0 Å². The molecule has 37 heavy (non-hydrogen) atoms. The maximum absolute atomic E-state index is 5.63. The van der Waals surface area contributed by atoms with Crippen molar-refractivity contribution >= 4 is 0 Å². The Morgan fingerprint density at radius 3 is 0.838 bits per heavy atom. The lowest BCUT2D eigenvalue weighted by Gasteiger charge is -2.08. The molecule has 0 unspecified atom stereocenters. The highest BCUT2D eigenvalue weighted by Crippen LogP contribution is 2.10. The van der Waals surface area contributed by atoms with E-state index >= 15 is 0 Å². The summed E-state index contributed by atoms with van der Waals surface area (Å²) in [5.41, 5.74) is 5.33. The van der Waals surface area contributed by atoms with Crippen molar-refractivity contribution in [1.29, 1.82) is 0 Å². The second kappa shape index (κ2) is 35.6. The zero-order chi connectivity index (χ0) is 26.7. The van der Waals surface area contributed by atoms with Crippen molar-refractivity contribution in [2.75, 3.05) is 112 Å². The van der Waals surface area contributed by atoms with E-state index in [2.05, 4.69) is 6.92 Å². The lowest BCUT2D eigenvalue weighted by atomic mass is 10.1. The summed E-state index contributed by atoms with van der Waals surface area (Å²) in [5.74, 6) is 0. The van der Waals surface area contributed by atoms with Crippen LogP contribution in [-0.4, -0.2) is 112 Å². The van der Waals surface area contributed by atoms with E-state index in [1.54, 1.807) is 0 Å². The minimum absolute atomic E-state index is 0.535. The Morgan fingerprint density at radius 1 is 0.297 bits per heavy atom. The van der Waals surface area contributed by atoms with E-state index in [-0.39, 0.29) is 0 Å². The van der Waals surface area contributed by atoms with Crippen LogP contribution in [0.4, 0.5) is 0 Å². The second-order valence-electron chi connectivity index (χ2n) is 8.87. The lowest BCUT2D eigenvalue weighted by Crippen LogP contribution is -2.15. The maximum Gasteiger partial charge on any atom is 0.0701 e. The molecule has 0 saturated heterocycles. The SMILES string of the molecule is CCCCCCCCCCCCOCCOCCOCCOCCOCCOCCOCCOCCN. The molecular weight excluding hydrogens is 478 g/mol. The molecule has 0 aliphatic heterocycles. The average molecular weight is 538 g/mol. The van der Waals surface area contributed by atoms with Crippen LogP contribution in [0.15, 0.2) is 0 Å². The summed E-state index contributed by atoms with van der Waals surface area (Å²) in [6, 6.07) is 0. The van der Waals surface area contributed by atoms with Gasteiger partial charge in [-0.1, -0.05) is 64.7 Å². The molecule has 0 spiro atoms. The third kappa shape index (κ3) is 35.6. The van der Waals surface area contributed by atoms with Crippen molar-refractivity contribution in [3.8, 4) is 0 Å². The van der Waals surface area contributed by atoms with Gasteiger partial charge in [0.25, 0.3) is 0 Å². The van der Waals surface area contributed by atoms with Gasteiger partial charge in [-0.15, -0.1) is 0 Å². The Bertz CT molecular complexity index is 359. The quantitative estimate of drug-likeness (QED) is 0.122. The molecule has 0 rings (SSSR count). The van der Waals surface area contributed by atoms with Gasteiger partial charge in [-0.25, -0.2) is 0 Å². The predicted octanol–water partition coefficient (Wildman–Crippen LogP) is 4.00. The van der Waals surface area contributed by atoms with Crippen LogP contribution in [0.1, 0.15) is 71.1 Å². The average Bonchev–Trinajstić information content (AvgIpc) is 2.91. The summed E-state index contributed by atoms with van der Waals surface area (Å²) in [7, 11) is 0. The standard InChI is InChI=1S/C28H59NO8/c1-2-3-4-5-6-7-8-9-10-11-13-30-15-17-32-19-21-34-23-25-36-27-28-37-26-24-35-22-20-33-18-16-31-14-12-29/h2-29H2,1H3. The zero-order valence-corrected chi connectivity index (χ0v) is 23.9. The van der Waals surface area contributed by atoms with Crippen LogP contribution in [0.3, 0.4) is 0 Å². The summed E-state index contributed by atoms with van der Waals surface area (Å²) in [6.45, 7) is 12.1. The van der Waals surface area contributed by atoms with Crippen molar-refractivity contribution < 1.29 is 37.9 Å². The van der Waals surface area contributed by atoms with Crippen LogP contribution < -0.4 is 5.73 Å². The first-order valence-corrected chi connectivity index (χ1v) is 14.7. The first-order chi connectivity index (χ1) is 18.4. The number of rotatable bonds is 34. The molecule has 9 heteroatoms. The second-order valence-corrected chi connectivity index (χ2v) is 8.87. The van der Waals surface area contributed by atoms with Crippen molar-refractivity contribution in [3.63, 3.8) is 0 Å². The fraction of sp³-hybridized carbons (Fsp3) is 1.00. The Kier molecular flexibility index (Phi) is 35.3. The van der Waals surface area contributed by atoms with E-state index in [1.165, 1.54) is 57.8 Å². The van der Waals surface area contributed by atoms with Gasteiger partial charge in [-0.05, 0) is 6.42 Å². The van der Waals surface area contributed by atoms with E-state index in [0.29, 0.717) is 106 Å². The molecule has 0 aromatic heterocycles. The Hall–Kier alpha value is -0.360. The van der Waals surface area contributed by atoms with Crippen molar-refractivity contribution in [1.82, 2.24) is 0 Å². The van der Waals surface area contributed by atoms with Gasteiger partial charge < -0.3 is 43.6 Å². The van der Waals surface area contributed by atoms with Gasteiger partial charge in [0.2, 0.25) is 0 Å². The van der Waals surface area contributed by atoms with Crippen LogP contribution in [0.5, 0.6) is 0 Å². The highest BCUT2D eigenvalue weighted by atomic mass is 16.6. The fourth-order valence-corrected chi connectivity index (χ4v) is 3.42. The monoisotopic (exact) mass is 537 g/mol. The third-order valence-corrected chi connectivity index (χ3v) is 5.51. The van der Waals surface area contributed by atoms with Crippen molar-refractivity contribution in [2.24, 2.45) is 5.73 Å². The van der Waals surface area contributed by atoms with Gasteiger partial charge in [-0.2, -0.15) is 0 Å². The molecular formula is C28H59NO8. The Morgan fingerprint density at radius 2 is 0.541 bits per heavy atom. The van der Waals surface area contributed by atoms with Crippen LogP contribution in [0.2, 0.25) is 0 Å². The molecule has 0 fully saturated rings. The third-order valence-electron chi connectivity index (χ3n) is 5.51. The van der Waals surface area contributed by atoms with Gasteiger partial charge in [0.15, 0.2) is 0 Å². The predicted molar refractivity (Wildman–Crippen MR) is 147 cm³/mol. The lowest BCUT2D eigenvalue weighted by molar-refractivity contribution is -0.0230. The summed E-state index contributed by atoms with van der Waals surface area (Å²) in [4.78, 5) is 0. The maximum atomic E-state index is 5.63. The fourth-order valence-electron chi connectivity index (χ4n) is 3.42. The largest absolute Gasteiger partial charge is 0.379 e. The number of ether oxygens (including phenoxy) is 8. The number of hydrogen-bond acceptors (Lipinski definition) is 9. The molecule has 9 nitrogen and oxygen atoms in total. The molecule has 0 amide bonds. The molecule has 0 aromatic rings. The topological polar surface area (TPSA) is 99.9 Å². The zero-order valence-electron chi connectivity index (χ0n) is 23.9.